The van der Waals surface area contributed by atoms with Crippen molar-refractivity contribution in [3.63, 3.8) is 0 Å². The second kappa shape index (κ2) is 10.9. The fourth-order valence-corrected chi connectivity index (χ4v) is 1.10. The maximum Gasteiger partial charge on any atom is 0.0593 e. The van der Waals surface area contributed by atoms with Gasteiger partial charge in [0.15, 0.2) is 0 Å². The monoisotopic (exact) mass is 206 g/mol. The molecule has 0 aromatic carbocycles. The third-order valence-corrected chi connectivity index (χ3v) is 1.88. The molecule has 0 rings (SSSR count). The van der Waals surface area contributed by atoms with Gasteiger partial charge < -0.3 is 20.7 Å². The Kier molecular flexibility index (Phi) is 10.7. The highest BCUT2D eigenvalue weighted by molar-refractivity contribution is 4.55. The van der Waals surface area contributed by atoms with E-state index in [1.807, 2.05) is 4.90 Å². The van der Waals surface area contributed by atoms with E-state index in [4.69, 9.17) is 20.7 Å². The number of rotatable bonds is 10. The van der Waals surface area contributed by atoms with Crippen molar-refractivity contribution in [3.05, 3.63) is 0 Å². The molecule has 0 aliphatic rings. The van der Waals surface area contributed by atoms with E-state index in [0.29, 0.717) is 32.8 Å². The average molecular weight is 206 g/mol. The lowest BCUT2D eigenvalue weighted by molar-refractivity contribution is 0.0866. The molecule has 0 aromatic rings. The van der Waals surface area contributed by atoms with Gasteiger partial charge in [-0.05, 0) is 13.0 Å². The van der Waals surface area contributed by atoms with Crippen LogP contribution in [0, 0.1) is 0 Å². The minimum Gasteiger partial charge on any atom is -0.395 e. The van der Waals surface area contributed by atoms with E-state index >= 15 is 0 Å². The van der Waals surface area contributed by atoms with Crippen LogP contribution in [0.25, 0.3) is 0 Å². The highest BCUT2D eigenvalue weighted by atomic mass is 16.5. The van der Waals surface area contributed by atoms with Crippen LogP contribution in [0.15, 0.2) is 0 Å². The number of aliphatic hydroxyl groups is 2. The van der Waals surface area contributed by atoms with Crippen molar-refractivity contribution >= 4 is 0 Å². The molecule has 0 atom stereocenters. The van der Waals surface area contributed by atoms with E-state index in [0.717, 1.165) is 13.0 Å². The first-order valence-electron chi connectivity index (χ1n) is 5.07. The predicted molar refractivity (Wildman–Crippen MR) is 55.1 cm³/mol. The zero-order valence-electron chi connectivity index (χ0n) is 8.69. The molecule has 0 bridgehead atoms. The van der Waals surface area contributed by atoms with Gasteiger partial charge in [-0.3, -0.25) is 4.90 Å². The summed E-state index contributed by atoms with van der Waals surface area (Å²) >= 11 is 0. The van der Waals surface area contributed by atoms with Crippen molar-refractivity contribution in [2.24, 2.45) is 5.73 Å². The van der Waals surface area contributed by atoms with Crippen LogP contribution in [0.2, 0.25) is 0 Å². The Morgan fingerprint density at radius 2 is 1.64 bits per heavy atom. The Bertz CT molecular complexity index is 108. The largest absolute Gasteiger partial charge is 0.395 e. The predicted octanol–water partition coefficient (Wildman–Crippen LogP) is -1.36. The van der Waals surface area contributed by atoms with Gasteiger partial charge in [0.25, 0.3) is 0 Å². The van der Waals surface area contributed by atoms with Crippen LogP contribution in [-0.4, -0.2) is 67.7 Å². The van der Waals surface area contributed by atoms with E-state index in [1.54, 1.807) is 0 Å². The highest BCUT2D eigenvalue weighted by Gasteiger charge is 2.02. The summed E-state index contributed by atoms with van der Waals surface area (Å²) in [6.07, 6.45) is 0.875. The van der Waals surface area contributed by atoms with Gasteiger partial charge in [-0.1, -0.05) is 0 Å². The molecular formula is C9H22N2O3. The summed E-state index contributed by atoms with van der Waals surface area (Å²) in [4.78, 5) is 1.96. The Labute approximate surface area is 85.5 Å². The SMILES string of the molecule is NCCCOCCN(CCO)CCO. The lowest BCUT2D eigenvalue weighted by Gasteiger charge is -2.19. The van der Waals surface area contributed by atoms with Crippen LogP contribution in [0.3, 0.4) is 0 Å². The van der Waals surface area contributed by atoms with E-state index in [2.05, 4.69) is 0 Å². The molecule has 0 saturated carbocycles. The number of nitrogens with zero attached hydrogens (tertiary/aromatic N) is 1. The van der Waals surface area contributed by atoms with Crippen molar-refractivity contribution in [2.75, 3.05) is 52.6 Å². The molecule has 14 heavy (non-hydrogen) atoms. The van der Waals surface area contributed by atoms with Gasteiger partial charge in [-0.2, -0.15) is 0 Å². The van der Waals surface area contributed by atoms with Crippen molar-refractivity contribution in [3.8, 4) is 0 Å². The molecule has 0 amide bonds. The van der Waals surface area contributed by atoms with E-state index in [-0.39, 0.29) is 13.2 Å². The molecule has 0 unspecified atom stereocenters. The number of aliphatic hydroxyl groups excluding tert-OH is 2. The minimum absolute atomic E-state index is 0.114. The van der Waals surface area contributed by atoms with Crippen molar-refractivity contribution in [1.29, 1.82) is 0 Å². The second-order valence-corrected chi connectivity index (χ2v) is 3.04. The van der Waals surface area contributed by atoms with Crippen molar-refractivity contribution < 1.29 is 14.9 Å². The van der Waals surface area contributed by atoms with Crippen LogP contribution >= 0.6 is 0 Å². The quantitative estimate of drug-likeness (QED) is 0.385. The summed E-state index contributed by atoms with van der Waals surface area (Å²) in [6, 6.07) is 0. The fraction of sp³-hybridized carbons (Fsp3) is 1.00. The first-order chi connectivity index (χ1) is 6.85. The summed E-state index contributed by atoms with van der Waals surface area (Å²) in [5.74, 6) is 0. The normalized spacial score (nSPS) is 11.1. The molecule has 0 aromatic heterocycles. The number of hydrogen-bond donors (Lipinski definition) is 3. The van der Waals surface area contributed by atoms with Crippen LogP contribution in [0.1, 0.15) is 6.42 Å². The Morgan fingerprint density at radius 1 is 1.00 bits per heavy atom. The maximum atomic E-state index is 8.72. The van der Waals surface area contributed by atoms with Gasteiger partial charge in [0, 0.05) is 26.2 Å². The lowest BCUT2D eigenvalue weighted by atomic mass is 10.4. The van der Waals surface area contributed by atoms with Gasteiger partial charge in [-0.25, -0.2) is 0 Å². The van der Waals surface area contributed by atoms with Crippen molar-refractivity contribution in [1.82, 2.24) is 4.90 Å². The van der Waals surface area contributed by atoms with E-state index in [9.17, 15) is 0 Å². The zero-order chi connectivity index (χ0) is 10.6. The van der Waals surface area contributed by atoms with Gasteiger partial charge in [0.2, 0.25) is 0 Å². The standard InChI is InChI=1S/C9H22N2O3/c10-2-1-8-14-9-5-11(3-6-12)4-7-13/h12-13H,1-10H2. The Hall–Kier alpha value is -0.200. The minimum atomic E-state index is 0.114. The Morgan fingerprint density at radius 3 is 2.14 bits per heavy atom. The molecule has 4 N–H and O–H groups in total. The van der Waals surface area contributed by atoms with Gasteiger partial charge in [0.1, 0.15) is 0 Å². The molecule has 0 heterocycles. The Balaban J connectivity index is 3.30. The zero-order valence-corrected chi connectivity index (χ0v) is 8.69. The lowest BCUT2D eigenvalue weighted by Crippen LogP contribution is -2.33. The van der Waals surface area contributed by atoms with E-state index < -0.39 is 0 Å². The molecule has 0 radical (unpaired) electrons. The highest BCUT2D eigenvalue weighted by Crippen LogP contribution is 1.88. The summed E-state index contributed by atoms with van der Waals surface area (Å²) < 4.78 is 5.31. The molecule has 0 saturated heterocycles. The maximum absolute atomic E-state index is 8.72. The topological polar surface area (TPSA) is 79.0 Å². The molecule has 0 spiro atoms. The number of hydrogen-bond acceptors (Lipinski definition) is 5. The average Bonchev–Trinajstić information content (AvgIpc) is 2.18. The summed E-state index contributed by atoms with van der Waals surface area (Å²) in [6.45, 7) is 4.10. The molecule has 5 heteroatoms. The molecule has 0 aliphatic heterocycles. The van der Waals surface area contributed by atoms with Gasteiger partial charge >= 0.3 is 0 Å². The molecule has 86 valence electrons. The smallest absolute Gasteiger partial charge is 0.0593 e. The number of ether oxygens (including phenoxy) is 1. The molecule has 0 fully saturated rings. The van der Waals surface area contributed by atoms with Gasteiger partial charge in [-0.15, -0.1) is 0 Å². The van der Waals surface area contributed by atoms with Gasteiger partial charge in [0.05, 0.1) is 19.8 Å². The summed E-state index contributed by atoms with van der Waals surface area (Å²) in [5.41, 5.74) is 5.31. The molecule has 5 nitrogen and oxygen atoms in total. The number of nitrogens with two attached hydrogens (primary N) is 1. The fourth-order valence-electron chi connectivity index (χ4n) is 1.10. The summed E-state index contributed by atoms with van der Waals surface area (Å²) in [5, 5.41) is 17.4. The van der Waals surface area contributed by atoms with Crippen molar-refractivity contribution in [2.45, 2.75) is 6.42 Å². The van der Waals surface area contributed by atoms with Crippen LogP contribution in [0.5, 0.6) is 0 Å². The molecule has 0 aliphatic carbocycles. The second-order valence-electron chi connectivity index (χ2n) is 3.04. The van der Waals surface area contributed by atoms with Crippen LogP contribution < -0.4 is 5.73 Å². The van der Waals surface area contributed by atoms with E-state index in [1.165, 1.54) is 0 Å². The van der Waals surface area contributed by atoms with Crippen LogP contribution in [-0.2, 0) is 4.74 Å². The first kappa shape index (κ1) is 13.8. The summed E-state index contributed by atoms with van der Waals surface area (Å²) in [7, 11) is 0. The third kappa shape index (κ3) is 8.40. The third-order valence-electron chi connectivity index (χ3n) is 1.88. The van der Waals surface area contributed by atoms with Crippen LogP contribution in [0.4, 0.5) is 0 Å². The molecular weight excluding hydrogens is 184 g/mol. The first-order valence-corrected chi connectivity index (χ1v) is 5.07.